The summed E-state index contributed by atoms with van der Waals surface area (Å²) >= 11 is 1.66. The Labute approximate surface area is 224 Å². The molecule has 3 heterocycles. The summed E-state index contributed by atoms with van der Waals surface area (Å²) in [6.07, 6.45) is 5.70. The van der Waals surface area contributed by atoms with Gasteiger partial charge in [-0.2, -0.15) is 0 Å². The first-order valence-electron chi connectivity index (χ1n) is 13.2. The van der Waals surface area contributed by atoms with Gasteiger partial charge in [0.2, 0.25) is 17.7 Å². The van der Waals surface area contributed by atoms with Gasteiger partial charge in [-0.1, -0.05) is 49.4 Å². The van der Waals surface area contributed by atoms with Gasteiger partial charge in [0.15, 0.2) is 0 Å². The molecule has 2 unspecified atom stereocenters. The lowest BCUT2D eigenvalue weighted by Crippen LogP contribution is -2.55. The summed E-state index contributed by atoms with van der Waals surface area (Å²) in [4.78, 5) is 47.4. The molecule has 0 aromatic heterocycles. The molecule has 0 radical (unpaired) electrons. The molecular weight excluding hydrogens is 486 g/mol. The maximum absolute atomic E-state index is 14.3. The number of carbonyl (C=O) groups is 3. The van der Waals surface area contributed by atoms with Crippen molar-refractivity contribution in [3.63, 3.8) is 0 Å². The Kier molecular flexibility index (Phi) is 8.19. The topological polar surface area (TPSA) is 81.2 Å². The summed E-state index contributed by atoms with van der Waals surface area (Å²) in [6, 6.07) is 9.03. The van der Waals surface area contributed by atoms with Crippen LogP contribution in [0.4, 0.5) is 0 Å². The highest BCUT2D eigenvalue weighted by molar-refractivity contribution is 8.02. The van der Waals surface area contributed by atoms with Gasteiger partial charge in [0, 0.05) is 37.5 Å². The van der Waals surface area contributed by atoms with Crippen LogP contribution >= 0.6 is 11.8 Å². The summed E-state index contributed by atoms with van der Waals surface area (Å²) < 4.78 is -1.11. The number of thioether (sulfide) groups is 1. The number of β-amino-alcohol motifs (C(OH)–C–C–N with tert-alkyl or cyclic N) is 1. The van der Waals surface area contributed by atoms with Crippen molar-refractivity contribution in [2.45, 2.75) is 55.2 Å². The van der Waals surface area contributed by atoms with Crippen molar-refractivity contribution in [3.05, 3.63) is 61.2 Å². The predicted octanol–water partition coefficient (Wildman–Crippen LogP) is 3.10. The van der Waals surface area contributed by atoms with Crippen molar-refractivity contribution in [1.29, 1.82) is 0 Å². The first kappa shape index (κ1) is 27.5. The molecule has 3 amide bonds. The van der Waals surface area contributed by atoms with Crippen molar-refractivity contribution in [3.8, 4) is 0 Å². The molecule has 2 bridgehead atoms. The average Bonchev–Trinajstić information content (AvgIpc) is 3.45. The van der Waals surface area contributed by atoms with Gasteiger partial charge in [0.1, 0.15) is 6.04 Å². The molecule has 200 valence electrons. The van der Waals surface area contributed by atoms with Crippen LogP contribution in [0, 0.1) is 11.8 Å². The fourth-order valence-corrected chi connectivity index (χ4v) is 9.05. The highest BCUT2D eigenvalue weighted by Crippen LogP contribution is 2.71. The first-order valence-corrected chi connectivity index (χ1v) is 14.0. The molecule has 3 fully saturated rings. The second-order valence-electron chi connectivity index (χ2n) is 10.5. The summed E-state index contributed by atoms with van der Waals surface area (Å²) in [6.45, 7) is 13.4. The summed E-state index contributed by atoms with van der Waals surface area (Å²) in [5.41, 5.74) is 0.993. The normalized spacial score (nSPS) is 29.8. The minimum atomic E-state index is -0.732. The monoisotopic (exact) mass is 525 g/mol. The number of carbonyl (C=O) groups excluding carboxylic acids is 3. The van der Waals surface area contributed by atoms with E-state index in [2.05, 4.69) is 20.1 Å². The van der Waals surface area contributed by atoms with Crippen LogP contribution in [-0.2, 0) is 20.9 Å². The van der Waals surface area contributed by atoms with Crippen LogP contribution in [-0.4, -0.2) is 85.8 Å². The molecule has 5 atom stereocenters. The van der Waals surface area contributed by atoms with Gasteiger partial charge in [-0.3, -0.25) is 14.4 Å². The van der Waals surface area contributed by atoms with Crippen molar-refractivity contribution in [1.82, 2.24) is 14.7 Å². The lowest BCUT2D eigenvalue weighted by molar-refractivity contribution is -0.146. The van der Waals surface area contributed by atoms with E-state index in [0.29, 0.717) is 32.6 Å². The third-order valence-electron chi connectivity index (χ3n) is 8.15. The molecule has 1 aromatic carbocycles. The van der Waals surface area contributed by atoms with Crippen LogP contribution in [0.3, 0.4) is 0 Å². The van der Waals surface area contributed by atoms with E-state index in [9.17, 15) is 19.5 Å². The van der Waals surface area contributed by atoms with E-state index in [1.807, 2.05) is 37.3 Å². The number of hydrogen-bond acceptors (Lipinski definition) is 5. The lowest BCUT2D eigenvalue weighted by Gasteiger charge is -2.38. The Balaban J connectivity index is 1.73. The number of likely N-dealkylation sites (tertiary alicyclic amines) is 1. The van der Waals surface area contributed by atoms with Crippen LogP contribution in [0.2, 0.25) is 0 Å². The number of benzene rings is 1. The maximum atomic E-state index is 14.3. The summed E-state index contributed by atoms with van der Waals surface area (Å²) in [5, 5.41) is 9.88. The zero-order valence-electron chi connectivity index (χ0n) is 22.0. The van der Waals surface area contributed by atoms with E-state index >= 15 is 0 Å². The SMILES string of the molecule is C=CCN(Cc1ccccc1)C(=O)C1N(CCO)C(=O)[C@@H]2[C@H](C(=O)N(CC=C)CCC)[C@]3(C)CCC12S3. The minimum absolute atomic E-state index is 0.0269. The third-order valence-corrected chi connectivity index (χ3v) is 10.1. The molecule has 1 N–H and O–H groups in total. The Hall–Kier alpha value is -2.58. The number of aliphatic hydroxyl groups excluding tert-OH is 1. The molecule has 3 saturated heterocycles. The maximum Gasteiger partial charge on any atom is 0.247 e. The van der Waals surface area contributed by atoms with Gasteiger partial charge >= 0.3 is 0 Å². The molecule has 37 heavy (non-hydrogen) atoms. The molecule has 1 spiro atoms. The van der Waals surface area contributed by atoms with E-state index in [-0.39, 0.29) is 30.9 Å². The molecular formula is C29H39N3O4S. The largest absolute Gasteiger partial charge is 0.395 e. The number of hydrogen-bond donors (Lipinski definition) is 1. The van der Waals surface area contributed by atoms with E-state index in [1.54, 1.807) is 38.6 Å². The van der Waals surface area contributed by atoms with E-state index in [0.717, 1.165) is 18.4 Å². The Bertz CT molecular complexity index is 1050. The van der Waals surface area contributed by atoms with Gasteiger partial charge in [0.05, 0.1) is 23.2 Å². The van der Waals surface area contributed by atoms with Gasteiger partial charge in [0.25, 0.3) is 0 Å². The van der Waals surface area contributed by atoms with Crippen LogP contribution < -0.4 is 0 Å². The smallest absolute Gasteiger partial charge is 0.247 e. The first-order chi connectivity index (χ1) is 17.8. The molecule has 8 heteroatoms. The standard InChI is InChI=1S/C29H39N3O4S/c1-5-15-30(16-6-2)25(34)22-23-26(35)32(18-19-33)24(29(23)14-13-28(22,4)37-29)27(36)31(17-7-3)20-21-11-9-8-10-12-21/h5,7-12,22-24,33H,1,3,6,13-20H2,2,4H3/t22-,23+,24?,28+,29?/m1/s1. The van der Waals surface area contributed by atoms with Crippen LogP contribution in [0.1, 0.15) is 38.7 Å². The molecule has 7 nitrogen and oxygen atoms in total. The van der Waals surface area contributed by atoms with E-state index in [1.165, 1.54) is 0 Å². The number of amides is 3. The predicted molar refractivity (Wildman–Crippen MR) is 147 cm³/mol. The molecule has 0 aliphatic carbocycles. The third kappa shape index (κ3) is 4.63. The van der Waals surface area contributed by atoms with Crippen molar-refractivity contribution in [2.24, 2.45) is 11.8 Å². The Morgan fingerprint density at radius 1 is 1.14 bits per heavy atom. The van der Waals surface area contributed by atoms with Crippen LogP contribution in [0.5, 0.6) is 0 Å². The quantitative estimate of drug-likeness (QED) is 0.424. The van der Waals surface area contributed by atoms with Crippen molar-refractivity contribution < 1.29 is 19.5 Å². The summed E-state index contributed by atoms with van der Waals surface area (Å²) in [7, 11) is 0. The van der Waals surface area contributed by atoms with Crippen molar-refractivity contribution >= 4 is 29.5 Å². The highest BCUT2D eigenvalue weighted by Gasteiger charge is 2.77. The number of fused-ring (bicyclic) bond motifs is 1. The van der Waals surface area contributed by atoms with Crippen LogP contribution in [0.25, 0.3) is 0 Å². The lowest BCUT2D eigenvalue weighted by atomic mass is 9.66. The van der Waals surface area contributed by atoms with E-state index < -0.39 is 27.4 Å². The van der Waals surface area contributed by atoms with Crippen molar-refractivity contribution in [2.75, 3.05) is 32.8 Å². The molecule has 3 aliphatic heterocycles. The van der Waals surface area contributed by atoms with Gasteiger partial charge in [-0.15, -0.1) is 24.9 Å². The van der Waals surface area contributed by atoms with Gasteiger partial charge in [-0.25, -0.2) is 0 Å². The molecule has 0 saturated carbocycles. The Morgan fingerprint density at radius 2 is 1.81 bits per heavy atom. The Morgan fingerprint density at radius 3 is 2.43 bits per heavy atom. The molecule has 4 rings (SSSR count). The minimum Gasteiger partial charge on any atom is -0.395 e. The number of nitrogens with zero attached hydrogens (tertiary/aromatic N) is 3. The van der Waals surface area contributed by atoms with Crippen LogP contribution in [0.15, 0.2) is 55.6 Å². The zero-order chi connectivity index (χ0) is 26.8. The summed E-state index contributed by atoms with van der Waals surface area (Å²) in [5.74, 6) is -1.45. The fraction of sp³-hybridized carbons (Fsp3) is 0.552. The van der Waals surface area contributed by atoms with Gasteiger partial charge in [-0.05, 0) is 31.7 Å². The molecule has 1 aromatic rings. The number of rotatable bonds is 12. The second kappa shape index (κ2) is 11.0. The molecule has 3 aliphatic rings. The fourth-order valence-electron chi connectivity index (χ4n) is 6.71. The zero-order valence-corrected chi connectivity index (χ0v) is 22.8. The average molecular weight is 526 g/mol. The highest BCUT2D eigenvalue weighted by atomic mass is 32.2. The number of aliphatic hydroxyl groups is 1. The second-order valence-corrected chi connectivity index (χ2v) is 12.4. The van der Waals surface area contributed by atoms with E-state index in [4.69, 9.17) is 0 Å². The van der Waals surface area contributed by atoms with Gasteiger partial charge < -0.3 is 19.8 Å².